The summed E-state index contributed by atoms with van der Waals surface area (Å²) in [6, 6.07) is 8.06. The highest BCUT2D eigenvalue weighted by Gasteiger charge is 2.34. The van der Waals surface area contributed by atoms with Crippen molar-refractivity contribution in [3.8, 4) is 0 Å². The standard InChI is InChI=1S/C20H23N3O5/c1-13-10-16(28-22-13)11-18(24)23-9-3-4-17(23)19(25)21-12-14-5-7-15(8-6-14)20(26)27-2/h5-8,10,17H,3-4,9,11-12H2,1-2H3,(H,21,25)/t17-/m0/s1. The second-order valence-corrected chi connectivity index (χ2v) is 6.76. The molecule has 0 spiro atoms. The van der Waals surface area contributed by atoms with Crippen molar-refractivity contribution >= 4 is 17.8 Å². The summed E-state index contributed by atoms with van der Waals surface area (Å²) in [5.41, 5.74) is 2.03. The van der Waals surface area contributed by atoms with Crippen molar-refractivity contribution in [2.45, 2.75) is 38.8 Å². The van der Waals surface area contributed by atoms with Crippen LogP contribution < -0.4 is 5.32 Å². The summed E-state index contributed by atoms with van der Waals surface area (Å²) in [6.07, 6.45) is 1.51. The Balaban J connectivity index is 1.55. The number of esters is 1. The van der Waals surface area contributed by atoms with E-state index in [2.05, 4.69) is 15.2 Å². The Kier molecular flexibility index (Phi) is 6.08. The van der Waals surface area contributed by atoms with Gasteiger partial charge in [-0.15, -0.1) is 0 Å². The molecular formula is C20H23N3O5. The lowest BCUT2D eigenvalue weighted by Crippen LogP contribution is -2.46. The van der Waals surface area contributed by atoms with Gasteiger partial charge in [0, 0.05) is 19.2 Å². The molecule has 0 radical (unpaired) electrons. The van der Waals surface area contributed by atoms with Crippen LogP contribution in [-0.2, 0) is 27.3 Å². The van der Waals surface area contributed by atoms with E-state index in [1.165, 1.54) is 7.11 Å². The SMILES string of the molecule is COC(=O)c1ccc(CNC(=O)[C@@H]2CCCN2C(=O)Cc2cc(C)no2)cc1. The average Bonchev–Trinajstić information content (AvgIpc) is 3.35. The molecule has 2 aromatic rings. The van der Waals surface area contributed by atoms with Gasteiger partial charge in [0.2, 0.25) is 11.8 Å². The second kappa shape index (κ2) is 8.69. The van der Waals surface area contributed by atoms with Gasteiger partial charge in [0.1, 0.15) is 11.8 Å². The largest absolute Gasteiger partial charge is 0.465 e. The molecule has 0 saturated carbocycles. The van der Waals surface area contributed by atoms with Crippen molar-refractivity contribution in [1.82, 2.24) is 15.4 Å². The van der Waals surface area contributed by atoms with E-state index in [1.54, 1.807) is 42.2 Å². The van der Waals surface area contributed by atoms with Crippen molar-refractivity contribution in [3.63, 3.8) is 0 Å². The molecule has 0 bridgehead atoms. The fraction of sp³-hybridized carbons (Fsp3) is 0.400. The fourth-order valence-corrected chi connectivity index (χ4v) is 3.27. The maximum Gasteiger partial charge on any atom is 0.337 e. The molecule has 0 unspecified atom stereocenters. The highest BCUT2D eigenvalue weighted by molar-refractivity contribution is 5.90. The van der Waals surface area contributed by atoms with Crippen LogP contribution in [0.3, 0.4) is 0 Å². The van der Waals surface area contributed by atoms with Crippen molar-refractivity contribution in [1.29, 1.82) is 0 Å². The van der Waals surface area contributed by atoms with Gasteiger partial charge in [-0.05, 0) is 37.5 Å². The number of aryl methyl sites for hydroxylation is 1. The lowest BCUT2D eigenvalue weighted by atomic mass is 10.1. The monoisotopic (exact) mass is 385 g/mol. The Labute approximate surface area is 162 Å². The van der Waals surface area contributed by atoms with Gasteiger partial charge in [-0.3, -0.25) is 9.59 Å². The molecule has 1 aliphatic heterocycles. The summed E-state index contributed by atoms with van der Waals surface area (Å²) in [5.74, 6) is -0.232. The third kappa shape index (κ3) is 4.57. The summed E-state index contributed by atoms with van der Waals surface area (Å²) in [6.45, 7) is 2.67. The van der Waals surface area contributed by atoms with Crippen LogP contribution in [0.1, 0.15) is 40.2 Å². The molecule has 148 valence electrons. The van der Waals surface area contributed by atoms with Gasteiger partial charge in [-0.25, -0.2) is 4.79 Å². The van der Waals surface area contributed by atoms with E-state index in [9.17, 15) is 14.4 Å². The topological polar surface area (TPSA) is 102 Å². The third-order valence-corrected chi connectivity index (χ3v) is 4.72. The maximum absolute atomic E-state index is 12.6. The Hall–Kier alpha value is -3.16. The van der Waals surface area contributed by atoms with Gasteiger partial charge in [-0.1, -0.05) is 17.3 Å². The molecule has 1 N–H and O–H groups in total. The van der Waals surface area contributed by atoms with E-state index in [0.717, 1.165) is 17.7 Å². The highest BCUT2D eigenvalue weighted by atomic mass is 16.5. The maximum atomic E-state index is 12.6. The first-order chi connectivity index (χ1) is 13.5. The van der Waals surface area contributed by atoms with E-state index in [4.69, 9.17) is 4.52 Å². The number of hydrogen-bond acceptors (Lipinski definition) is 6. The first-order valence-corrected chi connectivity index (χ1v) is 9.14. The van der Waals surface area contributed by atoms with Gasteiger partial charge in [0.05, 0.1) is 24.8 Å². The van der Waals surface area contributed by atoms with Gasteiger partial charge < -0.3 is 19.5 Å². The number of benzene rings is 1. The van der Waals surface area contributed by atoms with Crippen LogP contribution in [0.25, 0.3) is 0 Å². The lowest BCUT2D eigenvalue weighted by molar-refractivity contribution is -0.138. The van der Waals surface area contributed by atoms with Crippen molar-refractivity contribution in [2.24, 2.45) is 0 Å². The quantitative estimate of drug-likeness (QED) is 0.758. The lowest BCUT2D eigenvalue weighted by Gasteiger charge is -2.23. The first kappa shape index (κ1) is 19.6. The van der Waals surface area contributed by atoms with Gasteiger partial charge in [0.25, 0.3) is 0 Å². The first-order valence-electron chi connectivity index (χ1n) is 9.14. The summed E-state index contributed by atoms with van der Waals surface area (Å²) >= 11 is 0. The Morgan fingerprint density at radius 2 is 2.04 bits per heavy atom. The highest BCUT2D eigenvalue weighted by Crippen LogP contribution is 2.19. The minimum atomic E-state index is -0.481. The Morgan fingerprint density at radius 3 is 2.68 bits per heavy atom. The van der Waals surface area contributed by atoms with Crippen LogP contribution in [0.5, 0.6) is 0 Å². The van der Waals surface area contributed by atoms with Crippen molar-refractivity contribution in [3.05, 3.63) is 52.9 Å². The number of ether oxygens (including phenoxy) is 1. The zero-order valence-corrected chi connectivity index (χ0v) is 15.9. The fourth-order valence-electron chi connectivity index (χ4n) is 3.27. The van der Waals surface area contributed by atoms with Crippen LogP contribution in [0.2, 0.25) is 0 Å². The van der Waals surface area contributed by atoms with E-state index >= 15 is 0 Å². The number of nitrogens with zero attached hydrogens (tertiary/aromatic N) is 2. The molecule has 1 saturated heterocycles. The molecule has 8 heteroatoms. The molecule has 1 aliphatic rings. The molecule has 8 nitrogen and oxygen atoms in total. The number of likely N-dealkylation sites (tertiary alicyclic amines) is 1. The number of nitrogens with one attached hydrogen (secondary N) is 1. The van der Waals surface area contributed by atoms with E-state index in [-0.39, 0.29) is 18.2 Å². The predicted molar refractivity (Wildman–Crippen MR) is 99.3 cm³/mol. The number of aromatic nitrogens is 1. The molecule has 2 heterocycles. The Morgan fingerprint density at radius 1 is 1.29 bits per heavy atom. The van der Waals surface area contributed by atoms with E-state index < -0.39 is 12.0 Å². The summed E-state index contributed by atoms with van der Waals surface area (Å²) < 4.78 is 9.76. The van der Waals surface area contributed by atoms with Gasteiger partial charge in [0.15, 0.2) is 0 Å². The van der Waals surface area contributed by atoms with E-state index in [1.807, 2.05) is 0 Å². The minimum Gasteiger partial charge on any atom is -0.465 e. The zero-order valence-electron chi connectivity index (χ0n) is 15.9. The third-order valence-electron chi connectivity index (χ3n) is 4.72. The minimum absolute atomic E-state index is 0.0968. The molecular weight excluding hydrogens is 362 g/mol. The van der Waals surface area contributed by atoms with Crippen molar-refractivity contribution in [2.75, 3.05) is 13.7 Å². The van der Waals surface area contributed by atoms with Crippen LogP contribution in [0.4, 0.5) is 0 Å². The molecule has 28 heavy (non-hydrogen) atoms. The zero-order chi connectivity index (χ0) is 20.1. The Bertz CT molecular complexity index is 859. The number of methoxy groups -OCH3 is 1. The second-order valence-electron chi connectivity index (χ2n) is 6.76. The normalized spacial score (nSPS) is 16.1. The smallest absolute Gasteiger partial charge is 0.337 e. The molecule has 1 atom stereocenters. The van der Waals surface area contributed by atoms with Crippen molar-refractivity contribution < 1.29 is 23.6 Å². The average molecular weight is 385 g/mol. The molecule has 1 aromatic carbocycles. The number of hydrogen-bond donors (Lipinski definition) is 1. The molecule has 3 rings (SSSR count). The van der Waals surface area contributed by atoms with Crippen LogP contribution in [0.15, 0.2) is 34.9 Å². The molecule has 1 fully saturated rings. The van der Waals surface area contributed by atoms with Crippen LogP contribution in [0, 0.1) is 6.92 Å². The summed E-state index contributed by atoms with van der Waals surface area (Å²) in [4.78, 5) is 38.2. The molecule has 0 aliphatic carbocycles. The molecule has 2 amide bonds. The van der Waals surface area contributed by atoms with Gasteiger partial charge in [-0.2, -0.15) is 0 Å². The summed E-state index contributed by atoms with van der Waals surface area (Å²) in [5, 5.41) is 6.65. The number of carbonyl (C=O) groups is 3. The summed E-state index contributed by atoms with van der Waals surface area (Å²) in [7, 11) is 1.33. The van der Waals surface area contributed by atoms with Crippen LogP contribution in [-0.4, -0.2) is 47.5 Å². The molecule has 1 aromatic heterocycles. The van der Waals surface area contributed by atoms with Gasteiger partial charge >= 0.3 is 5.97 Å². The predicted octanol–water partition coefficient (Wildman–Crippen LogP) is 1.62. The number of carbonyl (C=O) groups excluding carboxylic acids is 3. The number of amides is 2. The van der Waals surface area contributed by atoms with E-state index in [0.29, 0.717) is 30.8 Å². The number of rotatable bonds is 6. The van der Waals surface area contributed by atoms with Crippen LogP contribution >= 0.6 is 0 Å².